The Hall–Kier alpha value is -0.910. The lowest BCUT2D eigenvalue weighted by Gasteiger charge is -2.14. The third-order valence-electron chi connectivity index (χ3n) is 2.89. The molecule has 0 aliphatic heterocycles. The van der Waals surface area contributed by atoms with E-state index in [4.69, 9.17) is 4.74 Å². The Morgan fingerprint density at radius 3 is 2.79 bits per heavy atom. The molecule has 0 amide bonds. The molecule has 0 saturated heterocycles. The molecule has 1 heterocycles. The maximum atomic E-state index is 13.3. The summed E-state index contributed by atoms with van der Waals surface area (Å²) in [5.74, 6) is -0.0503. The van der Waals surface area contributed by atoms with Gasteiger partial charge in [-0.05, 0) is 52.7 Å². The van der Waals surface area contributed by atoms with E-state index < -0.39 is 0 Å². The number of halogens is 2. The number of methoxy groups -OCH3 is 1. The van der Waals surface area contributed by atoms with Gasteiger partial charge >= 0.3 is 0 Å². The van der Waals surface area contributed by atoms with Crippen LogP contribution in [0.1, 0.15) is 23.4 Å². The Morgan fingerprint density at radius 1 is 1.37 bits per heavy atom. The van der Waals surface area contributed by atoms with Crippen molar-refractivity contribution in [3.05, 3.63) is 50.4 Å². The highest BCUT2D eigenvalue weighted by molar-refractivity contribution is 9.11. The van der Waals surface area contributed by atoms with Crippen LogP contribution in [0.5, 0.6) is 5.75 Å². The fourth-order valence-electron chi connectivity index (χ4n) is 1.76. The molecule has 0 bridgehead atoms. The first-order valence-electron chi connectivity index (χ1n) is 5.91. The molecule has 1 aromatic carbocycles. The molecule has 102 valence electrons. The summed E-state index contributed by atoms with van der Waals surface area (Å²) in [5, 5.41) is 3.41. The van der Waals surface area contributed by atoms with Gasteiger partial charge in [0.1, 0.15) is 0 Å². The quantitative estimate of drug-likeness (QED) is 0.862. The van der Waals surface area contributed by atoms with Crippen molar-refractivity contribution in [1.29, 1.82) is 0 Å². The summed E-state index contributed by atoms with van der Waals surface area (Å²) in [6, 6.07) is 9.20. The van der Waals surface area contributed by atoms with E-state index in [0.717, 1.165) is 15.9 Å². The highest BCUT2D eigenvalue weighted by atomic mass is 79.9. The number of thiophene rings is 1. The number of hydrogen-bond donors (Lipinski definition) is 1. The molecule has 1 aromatic heterocycles. The molecule has 0 aliphatic rings. The number of ether oxygens (including phenoxy) is 1. The normalized spacial score (nSPS) is 12.4. The first-order chi connectivity index (χ1) is 9.10. The van der Waals surface area contributed by atoms with Crippen molar-refractivity contribution >= 4 is 27.3 Å². The third kappa shape index (κ3) is 3.78. The van der Waals surface area contributed by atoms with Crippen molar-refractivity contribution in [2.24, 2.45) is 0 Å². The molecule has 2 rings (SSSR count). The van der Waals surface area contributed by atoms with E-state index in [1.54, 1.807) is 23.5 Å². The van der Waals surface area contributed by atoms with Gasteiger partial charge in [-0.25, -0.2) is 4.39 Å². The van der Waals surface area contributed by atoms with Crippen molar-refractivity contribution in [2.45, 2.75) is 19.5 Å². The minimum Gasteiger partial charge on any atom is -0.494 e. The lowest BCUT2D eigenvalue weighted by Crippen LogP contribution is -2.17. The van der Waals surface area contributed by atoms with Crippen molar-refractivity contribution in [3.63, 3.8) is 0 Å². The Kier molecular flexibility index (Phi) is 4.96. The summed E-state index contributed by atoms with van der Waals surface area (Å²) in [5.41, 5.74) is 1.01. The van der Waals surface area contributed by atoms with E-state index in [0.29, 0.717) is 0 Å². The second-order valence-corrected chi connectivity index (χ2v) is 6.75. The zero-order valence-electron chi connectivity index (χ0n) is 10.7. The van der Waals surface area contributed by atoms with E-state index in [2.05, 4.69) is 34.2 Å². The number of hydrogen-bond acceptors (Lipinski definition) is 3. The molecule has 1 N–H and O–H groups in total. The maximum Gasteiger partial charge on any atom is 0.165 e. The van der Waals surface area contributed by atoms with E-state index in [1.807, 2.05) is 6.07 Å². The van der Waals surface area contributed by atoms with Gasteiger partial charge in [0.25, 0.3) is 0 Å². The SMILES string of the molecule is COc1cc(C(C)NCc2ccc(Br)s2)ccc1F. The molecule has 0 radical (unpaired) electrons. The average Bonchev–Trinajstić information content (AvgIpc) is 2.82. The number of benzene rings is 1. The first kappa shape index (κ1) is 14.5. The van der Waals surface area contributed by atoms with Gasteiger partial charge in [0, 0.05) is 17.5 Å². The van der Waals surface area contributed by atoms with Crippen LogP contribution >= 0.6 is 27.3 Å². The fraction of sp³-hybridized carbons (Fsp3) is 0.286. The van der Waals surface area contributed by atoms with Crippen molar-refractivity contribution in [3.8, 4) is 5.75 Å². The Labute approximate surface area is 124 Å². The van der Waals surface area contributed by atoms with Crippen LogP contribution in [0.2, 0.25) is 0 Å². The second kappa shape index (κ2) is 6.50. The minimum absolute atomic E-state index is 0.135. The number of nitrogens with one attached hydrogen (secondary N) is 1. The zero-order valence-corrected chi connectivity index (χ0v) is 13.1. The molecular weight excluding hydrogens is 329 g/mol. The smallest absolute Gasteiger partial charge is 0.165 e. The van der Waals surface area contributed by atoms with Crippen molar-refractivity contribution in [2.75, 3.05) is 7.11 Å². The minimum atomic E-state index is -0.333. The van der Waals surface area contributed by atoms with E-state index >= 15 is 0 Å². The van der Waals surface area contributed by atoms with Gasteiger partial charge in [-0.15, -0.1) is 11.3 Å². The summed E-state index contributed by atoms with van der Waals surface area (Å²) in [6.07, 6.45) is 0. The molecule has 5 heteroatoms. The predicted molar refractivity (Wildman–Crippen MR) is 80.2 cm³/mol. The second-order valence-electron chi connectivity index (χ2n) is 4.20. The van der Waals surface area contributed by atoms with Gasteiger partial charge in [-0.3, -0.25) is 0 Å². The molecule has 2 aromatic rings. The molecule has 0 spiro atoms. The largest absolute Gasteiger partial charge is 0.494 e. The van der Waals surface area contributed by atoms with E-state index in [1.165, 1.54) is 18.1 Å². The summed E-state index contributed by atoms with van der Waals surface area (Å²) in [4.78, 5) is 1.26. The van der Waals surface area contributed by atoms with Gasteiger partial charge in [0.05, 0.1) is 10.9 Å². The van der Waals surface area contributed by atoms with Gasteiger partial charge in [0.2, 0.25) is 0 Å². The fourth-order valence-corrected chi connectivity index (χ4v) is 3.20. The molecule has 1 atom stereocenters. The van der Waals surface area contributed by atoms with Crippen LogP contribution in [-0.2, 0) is 6.54 Å². The Bertz CT molecular complexity index is 558. The van der Waals surface area contributed by atoms with Crippen molar-refractivity contribution in [1.82, 2.24) is 5.32 Å². The Morgan fingerprint density at radius 2 is 2.16 bits per heavy atom. The van der Waals surface area contributed by atoms with Crippen LogP contribution in [0.25, 0.3) is 0 Å². The van der Waals surface area contributed by atoms with E-state index in [9.17, 15) is 4.39 Å². The van der Waals surface area contributed by atoms with Crippen LogP contribution in [0.4, 0.5) is 4.39 Å². The average molecular weight is 344 g/mol. The van der Waals surface area contributed by atoms with Crippen LogP contribution in [0.3, 0.4) is 0 Å². The highest BCUT2D eigenvalue weighted by Crippen LogP contribution is 2.25. The Balaban J connectivity index is 2.01. The molecule has 19 heavy (non-hydrogen) atoms. The maximum absolute atomic E-state index is 13.3. The van der Waals surface area contributed by atoms with Gasteiger partial charge in [0.15, 0.2) is 11.6 Å². The molecular formula is C14H15BrFNOS. The summed E-state index contributed by atoms with van der Waals surface area (Å²) < 4.78 is 19.5. The van der Waals surface area contributed by atoms with Crippen molar-refractivity contribution < 1.29 is 9.13 Å². The van der Waals surface area contributed by atoms with Crippen LogP contribution in [0.15, 0.2) is 34.1 Å². The molecule has 0 fully saturated rings. The summed E-state index contributed by atoms with van der Waals surface area (Å²) in [6.45, 7) is 2.84. The molecule has 0 saturated carbocycles. The lowest BCUT2D eigenvalue weighted by molar-refractivity contribution is 0.385. The standard InChI is InChI=1S/C14H15BrFNOS/c1-9(17-8-11-4-6-14(15)19-11)10-3-5-12(16)13(7-10)18-2/h3-7,9,17H,8H2,1-2H3. The van der Waals surface area contributed by atoms with Crippen LogP contribution in [-0.4, -0.2) is 7.11 Å². The van der Waals surface area contributed by atoms with Gasteiger partial charge in [-0.2, -0.15) is 0 Å². The van der Waals surface area contributed by atoms with Gasteiger partial charge < -0.3 is 10.1 Å². The predicted octanol–water partition coefficient (Wildman–Crippen LogP) is 4.51. The first-order valence-corrected chi connectivity index (χ1v) is 7.52. The van der Waals surface area contributed by atoms with Gasteiger partial charge in [-0.1, -0.05) is 6.07 Å². The van der Waals surface area contributed by atoms with Crippen LogP contribution in [0, 0.1) is 5.82 Å². The molecule has 1 unspecified atom stereocenters. The zero-order chi connectivity index (χ0) is 13.8. The summed E-state index contributed by atoms with van der Waals surface area (Å²) >= 11 is 5.15. The lowest BCUT2D eigenvalue weighted by atomic mass is 10.1. The third-order valence-corrected chi connectivity index (χ3v) is 4.51. The molecule has 0 aliphatic carbocycles. The highest BCUT2D eigenvalue weighted by Gasteiger charge is 2.09. The number of rotatable bonds is 5. The monoisotopic (exact) mass is 343 g/mol. The molecule has 2 nitrogen and oxygen atoms in total. The van der Waals surface area contributed by atoms with Crippen LogP contribution < -0.4 is 10.1 Å². The summed E-state index contributed by atoms with van der Waals surface area (Å²) in [7, 11) is 1.48. The van der Waals surface area contributed by atoms with E-state index in [-0.39, 0.29) is 17.6 Å². The topological polar surface area (TPSA) is 21.3 Å².